The molecule has 1 aromatic heterocycles. The standard InChI is InChI=1S/C14H19NOS2/c1-9-6-13(12-4-5-17-14(12)18-9)15-11-3-2-10(7-11)8-16/h2-5,9-11,13,15-16H,6-8H2,1H3/t9-,10-,11+,13-/m0/s1. The molecule has 4 heteroatoms. The van der Waals surface area contributed by atoms with Crippen LogP contribution in [0.4, 0.5) is 0 Å². The number of thiophene rings is 1. The molecule has 0 saturated carbocycles. The van der Waals surface area contributed by atoms with Crippen molar-refractivity contribution in [3.63, 3.8) is 0 Å². The molecule has 1 aromatic rings. The maximum Gasteiger partial charge on any atom is 0.0649 e. The molecule has 1 aliphatic carbocycles. The Morgan fingerprint density at radius 3 is 3.06 bits per heavy atom. The van der Waals surface area contributed by atoms with Crippen LogP contribution in [-0.2, 0) is 0 Å². The van der Waals surface area contributed by atoms with E-state index >= 15 is 0 Å². The van der Waals surface area contributed by atoms with Gasteiger partial charge in [-0.15, -0.1) is 23.1 Å². The Kier molecular flexibility index (Phi) is 3.80. The van der Waals surface area contributed by atoms with E-state index in [9.17, 15) is 5.11 Å². The van der Waals surface area contributed by atoms with Gasteiger partial charge in [0, 0.05) is 29.9 Å². The van der Waals surface area contributed by atoms with Crippen LogP contribution in [0.2, 0.25) is 0 Å². The minimum absolute atomic E-state index is 0.273. The highest BCUT2D eigenvalue weighted by Crippen LogP contribution is 2.44. The Morgan fingerprint density at radius 2 is 2.28 bits per heavy atom. The second kappa shape index (κ2) is 5.37. The molecular formula is C14H19NOS2. The van der Waals surface area contributed by atoms with E-state index in [0.29, 0.717) is 23.3 Å². The zero-order valence-corrected chi connectivity index (χ0v) is 12.1. The highest BCUT2D eigenvalue weighted by atomic mass is 32.2. The van der Waals surface area contributed by atoms with Gasteiger partial charge >= 0.3 is 0 Å². The van der Waals surface area contributed by atoms with E-state index in [0.717, 1.165) is 6.42 Å². The third kappa shape index (κ3) is 2.52. The molecule has 3 rings (SSSR count). The summed E-state index contributed by atoms with van der Waals surface area (Å²) in [5.41, 5.74) is 1.48. The van der Waals surface area contributed by atoms with E-state index in [4.69, 9.17) is 0 Å². The molecule has 0 bridgehead atoms. The first-order chi connectivity index (χ1) is 8.76. The van der Waals surface area contributed by atoms with E-state index in [1.54, 1.807) is 0 Å². The first kappa shape index (κ1) is 12.7. The molecule has 0 fully saturated rings. The molecule has 2 heterocycles. The lowest BCUT2D eigenvalue weighted by Gasteiger charge is -2.30. The normalized spacial score (nSPS) is 34.8. The summed E-state index contributed by atoms with van der Waals surface area (Å²) < 4.78 is 1.48. The Bertz CT molecular complexity index is 443. The number of thioether (sulfide) groups is 1. The summed E-state index contributed by atoms with van der Waals surface area (Å²) >= 11 is 3.87. The number of fused-ring (bicyclic) bond motifs is 1. The highest BCUT2D eigenvalue weighted by molar-refractivity contribution is 8.01. The predicted octanol–water partition coefficient (Wildman–Crippen LogP) is 3.20. The monoisotopic (exact) mass is 281 g/mol. The first-order valence-electron chi connectivity index (χ1n) is 6.55. The summed E-state index contributed by atoms with van der Waals surface area (Å²) in [7, 11) is 0. The fourth-order valence-electron chi connectivity index (χ4n) is 2.80. The van der Waals surface area contributed by atoms with Gasteiger partial charge in [0.15, 0.2) is 0 Å². The summed E-state index contributed by atoms with van der Waals surface area (Å²) in [6.45, 7) is 2.58. The van der Waals surface area contributed by atoms with E-state index < -0.39 is 0 Å². The van der Waals surface area contributed by atoms with E-state index in [-0.39, 0.29) is 6.61 Å². The molecule has 18 heavy (non-hydrogen) atoms. The lowest BCUT2D eigenvalue weighted by Crippen LogP contribution is -2.33. The highest BCUT2D eigenvalue weighted by Gasteiger charge is 2.29. The average molecular weight is 281 g/mol. The molecule has 4 atom stereocenters. The van der Waals surface area contributed by atoms with Gasteiger partial charge in [-0.3, -0.25) is 0 Å². The van der Waals surface area contributed by atoms with Crippen LogP contribution in [0, 0.1) is 5.92 Å². The zero-order valence-electron chi connectivity index (χ0n) is 10.5. The molecule has 98 valence electrons. The third-order valence-corrected chi connectivity index (χ3v) is 6.08. The van der Waals surface area contributed by atoms with Crippen molar-refractivity contribution in [2.45, 2.75) is 41.3 Å². The second-order valence-corrected chi connectivity index (χ2v) is 7.84. The molecule has 0 aromatic carbocycles. The van der Waals surface area contributed by atoms with Gasteiger partial charge in [-0.25, -0.2) is 0 Å². The van der Waals surface area contributed by atoms with Gasteiger partial charge in [0.2, 0.25) is 0 Å². The van der Waals surface area contributed by atoms with Gasteiger partial charge in [0.1, 0.15) is 0 Å². The van der Waals surface area contributed by atoms with Gasteiger partial charge in [0.05, 0.1) is 4.21 Å². The van der Waals surface area contributed by atoms with Crippen LogP contribution in [-0.4, -0.2) is 23.0 Å². The predicted molar refractivity (Wildman–Crippen MR) is 78.3 cm³/mol. The lowest BCUT2D eigenvalue weighted by atomic mass is 10.0. The molecule has 2 aliphatic rings. The quantitative estimate of drug-likeness (QED) is 0.835. The zero-order chi connectivity index (χ0) is 12.5. The molecule has 0 unspecified atom stereocenters. The van der Waals surface area contributed by atoms with Crippen molar-refractivity contribution in [3.8, 4) is 0 Å². The summed E-state index contributed by atoms with van der Waals surface area (Å²) in [6, 6.07) is 3.17. The molecule has 0 spiro atoms. The number of rotatable bonds is 3. The first-order valence-corrected chi connectivity index (χ1v) is 8.31. The molecule has 2 N–H and O–H groups in total. The third-order valence-electron chi connectivity index (χ3n) is 3.73. The molecule has 0 amide bonds. The average Bonchev–Trinajstić information content (AvgIpc) is 2.97. The van der Waals surface area contributed by atoms with Crippen molar-refractivity contribution in [3.05, 3.63) is 29.2 Å². The van der Waals surface area contributed by atoms with Crippen LogP contribution in [0.1, 0.15) is 31.4 Å². The van der Waals surface area contributed by atoms with Crippen LogP contribution < -0.4 is 5.32 Å². The van der Waals surface area contributed by atoms with Crippen molar-refractivity contribution < 1.29 is 5.11 Å². The largest absolute Gasteiger partial charge is 0.396 e. The van der Waals surface area contributed by atoms with Gasteiger partial charge < -0.3 is 10.4 Å². The Balaban J connectivity index is 1.69. The molecule has 2 nitrogen and oxygen atoms in total. The second-order valence-electron chi connectivity index (χ2n) is 5.22. The van der Waals surface area contributed by atoms with Gasteiger partial charge in [0.25, 0.3) is 0 Å². The topological polar surface area (TPSA) is 32.3 Å². The van der Waals surface area contributed by atoms with Crippen molar-refractivity contribution in [1.82, 2.24) is 5.32 Å². The maximum atomic E-state index is 9.18. The number of aliphatic hydroxyl groups is 1. The van der Waals surface area contributed by atoms with E-state index in [1.165, 1.54) is 16.2 Å². The minimum Gasteiger partial charge on any atom is -0.396 e. The van der Waals surface area contributed by atoms with E-state index in [2.05, 4.69) is 35.8 Å². The fraction of sp³-hybridized carbons (Fsp3) is 0.571. The summed E-state index contributed by atoms with van der Waals surface area (Å²) in [5, 5.41) is 15.8. The van der Waals surface area contributed by atoms with Crippen molar-refractivity contribution in [1.29, 1.82) is 0 Å². The van der Waals surface area contributed by atoms with Crippen LogP contribution in [0.15, 0.2) is 27.8 Å². The number of aliphatic hydroxyl groups excluding tert-OH is 1. The minimum atomic E-state index is 0.273. The summed E-state index contributed by atoms with van der Waals surface area (Å²) in [4.78, 5) is 0. The molecule has 0 saturated heterocycles. The molecule has 1 aliphatic heterocycles. The van der Waals surface area contributed by atoms with Crippen LogP contribution in [0.3, 0.4) is 0 Å². The number of nitrogens with one attached hydrogen (secondary N) is 1. The molecular weight excluding hydrogens is 262 g/mol. The van der Waals surface area contributed by atoms with Crippen LogP contribution >= 0.6 is 23.1 Å². The van der Waals surface area contributed by atoms with Crippen molar-refractivity contribution in [2.24, 2.45) is 5.92 Å². The van der Waals surface area contributed by atoms with Crippen molar-refractivity contribution >= 4 is 23.1 Å². The maximum absolute atomic E-state index is 9.18. The number of hydrogen-bond donors (Lipinski definition) is 2. The SMILES string of the molecule is C[C@H]1C[C@H](N[C@@H]2C=C[C@H](CO)C2)c2ccsc2S1. The van der Waals surface area contributed by atoms with Gasteiger partial charge in [-0.05, 0) is 29.9 Å². The fourth-order valence-corrected chi connectivity index (χ4v) is 5.37. The van der Waals surface area contributed by atoms with Crippen molar-refractivity contribution in [2.75, 3.05) is 6.61 Å². The Morgan fingerprint density at radius 1 is 1.39 bits per heavy atom. The number of hydrogen-bond acceptors (Lipinski definition) is 4. The van der Waals surface area contributed by atoms with Gasteiger partial charge in [-0.1, -0.05) is 19.1 Å². The lowest BCUT2D eigenvalue weighted by molar-refractivity contribution is 0.244. The van der Waals surface area contributed by atoms with Crippen LogP contribution in [0.25, 0.3) is 0 Å². The smallest absolute Gasteiger partial charge is 0.0649 e. The summed E-state index contributed by atoms with van der Waals surface area (Å²) in [5.74, 6) is 0.347. The summed E-state index contributed by atoms with van der Waals surface area (Å²) in [6.07, 6.45) is 6.60. The van der Waals surface area contributed by atoms with Gasteiger partial charge in [-0.2, -0.15) is 0 Å². The van der Waals surface area contributed by atoms with E-state index in [1.807, 2.05) is 23.1 Å². The van der Waals surface area contributed by atoms with Crippen LogP contribution in [0.5, 0.6) is 0 Å². The molecule has 0 radical (unpaired) electrons. The Hall–Kier alpha value is -0.290. The Labute approximate surface area is 116 Å².